The fourth-order valence-electron chi connectivity index (χ4n) is 2.04. The molecule has 0 bridgehead atoms. The molecule has 1 N–H and O–H groups in total. The van der Waals surface area contributed by atoms with E-state index in [1.165, 1.54) is 6.42 Å². The summed E-state index contributed by atoms with van der Waals surface area (Å²) in [5.41, 5.74) is 0. The van der Waals surface area contributed by atoms with Crippen LogP contribution in [0.1, 0.15) is 43.9 Å². The van der Waals surface area contributed by atoms with Gasteiger partial charge in [0, 0.05) is 18.4 Å². The van der Waals surface area contributed by atoms with E-state index in [1.54, 1.807) is 0 Å². The molecule has 1 aliphatic rings. The standard InChI is InChI=1S/C10H17N3O/c1-3-9-12-13-10(14-9)7-4-5-8(6-7)11-2/h7-8,11H,3-6H2,1-2H3/t7-,8+/m0/s1. The van der Waals surface area contributed by atoms with Gasteiger partial charge in [0.2, 0.25) is 11.8 Å². The van der Waals surface area contributed by atoms with Crippen LogP contribution in [0.5, 0.6) is 0 Å². The lowest BCUT2D eigenvalue weighted by molar-refractivity contribution is 0.415. The maximum atomic E-state index is 5.56. The van der Waals surface area contributed by atoms with Gasteiger partial charge in [-0.3, -0.25) is 0 Å². The van der Waals surface area contributed by atoms with E-state index in [1.807, 2.05) is 14.0 Å². The molecule has 2 rings (SSSR count). The smallest absolute Gasteiger partial charge is 0.219 e. The molecular formula is C10H17N3O. The summed E-state index contributed by atoms with van der Waals surface area (Å²) in [6.45, 7) is 2.03. The fourth-order valence-corrected chi connectivity index (χ4v) is 2.04. The molecule has 0 unspecified atom stereocenters. The molecule has 1 aromatic rings. The minimum atomic E-state index is 0.472. The predicted molar refractivity (Wildman–Crippen MR) is 53.1 cm³/mol. The Balaban J connectivity index is 2.02. The summed E-state index contributed by atoms with van der Waals surface area (Å²) in [6.07, 6.45) is 4.33. The summed E-state index contributed by atoms with van der Waals surface area (Å²) < 4.78 is 5.56. The van der Waals surface area contributed by atoms with Crippen LogP contribution in [0.25, 0.3) is 0 Å². The van der Waals surface area contributed by atoms with Crippen molar-refractivity contribution in [2.24, 2.45) is 0 Å². The van der Waals surface area contributed by atoms with Crippen LogP contribution in [0.3, 0.4) is 0 Å². The molecule has 2 atom stereocenters. The Hall–Kier alpha value is -0.900. The SMILES string of the molecule is CCc1nnc([C@H]2CC[C@@H](NC)C2)o1. The van der Waals surface area contributed by atoms with E-state index in [-0.39, 0.29) is 0 Å². The summed E-state index contributed by atoms with van der Waals surface area (Å²) in [7, 11) is 2.01. The minimum Gasteiger partial charge on any atom is -0.425 e. The zero-order chi connectivity index (χ0) is 9.97. The van der Waals surface area contributed by atoms with Crippen LogP contribution in [0.4, 0.5) is 0 Å². The molecule has 0 aromatic carbocycles. The van der Waals surface area contributed by atoms with Crippen LogP contribution in [-0.4, -0.2) is 23.3 Å². The molecule has 0 aliphatic heterocycles. The van der Waals surface area contributed by atoms with Crippen molar-refractivity contribution in [1.29, 1.82) is 0 Å². The molecule has 1 saturated carbocycles. The molecule has 1 aromatic heterocycles. The molecular weight excluding hydrogens is 178 g/mol. The molecule has 0 amide bonds. The molecule has 1 fully saturated rings. The van der Waals surface area contributed by atoms with Crippen molar-refractivity contribution in [3.05, 3.63) is 11.8 Å². The third-order valence-corrected chi connectivity index (χ3v) is 2.98. The van der Waals surface area contributed by atoms with Crippen molar-refractivity contribution in [1.82, 2.24) is 15.5 Å². The third-order valence-electron chi connectivity index (χ3n) is 2.98. The van der Waals surface area contributed by atoms with E-state index >= 15 is 0 Å². The average molecular weight is 195 g/mol. The van der Waals surface area contributed by atoms with Gasteiger partial charge in [0.15, 0.2) is 0 Å². The Morgan fingerprint density at radius 3 is 2.86 bits per heavy atom. The molecule has 0 spiro atoms. The van der Waals surface area contributed by atoms with E-state index in [0.29, 0.717) is 12.0 Å². The van der Waals surface area contributed by atoms with Crippen molar-refractivity contribution >= 4 is 0 Å². The molecule has 0 radical (unpaired) electrons. The Kier molecular flexibility index (Phi) is 2.82. The summed E-state index contributed by atoms with van der Waals surface area (Å²) in [4.78, 5) is 0. The highest BCUT2D eigenvalue weighted by atomic mass is 16.4. The normalized spacial score (nSPS) is 27.0. The molecule has 1 heterocycles. The van der Waals surface area contributed by atoms with Crippen LogP contribution in [0.15, 0.2) is 4.42 Å². The molecule has 14 heavy (non-hydrogen) atoms. The third kappa shape index (κ3) is 1.80. The summed E-state index contributed by atoms with van der Waals surface area (Å²) >= 11 is 0. The van der Waals surface area contributed by atoms with E-state index < -0.39 is 0 Å². The number of hydrogen-bond acceptors (Lipinski definition) is 4. The Labute approximate surface area is 84.1 Å². The van der Waals surface area contributed by atoms with Gasteiger partial charge in [0.25, 0.3) is 0 Å². The number of rotatable bonds is 3. The lowest BCUT2D eigenvalue weighted by Crippen LogP contribution is -2.21. The van der Waals surface area contributed by atoms with Gasteiger partial charge in [0.05, 0.1) is 0 Å². The maximum Gasteiger partial charge on any atom is 0.219 e. The van der Waals surface area contributed by atoms with E-state index in [9.17, 15) is 0 Å². The first-order valence-electron chi connectivity index (χ1n) is 5.33. The first-order chi connectivity index (χ1) is 6.83. The summed E-state index contributed by atoms with van der Waals surface area (Å²) in [5, 5.41) is 11.4. The molecule has 4 nitrogen and oxygen atoms in total. The number of hydrogen-bond donors (Lipinski definition) is 1. The highest BCUT2D eigenvalue weighted by molar-refractivity contribution is 4.98. The fraction of sp³-hybridized carbons (Fsp3) is 0.800. The van der Waals surface area contributed by atoms with Gasteiger partial charge >= 0.3 is 0 Å². The van der Waals surface area contributed by atoms with Gasteiger partial charge in [-0.05, 0) is 26.3 Å². The second-order valence-corrected chi connectivity index (χ2v) is 3.88. The van der Waals surface area contributed by atoms with Crippen LogP contribution < -0.4 is 5.32 Å². The number of aryl methyl sites for hydroxylation is 1. The minimum absolute atomic E-state index is 0.472. The molecule has 4 heteroatoms. The topological polar surface area (TPSA) is 51.0 Å². The van der Waals surface area contributed by atoms with Gasteiger partial charge in [-0.2, -0.15) is 0 Å². The van der Waals surface area contributed by atoms with Gasteiger partial charge in [-0.15, -0.1) is 10.2 Å². The van der Waals surface area contributed by atoms with Crippen LogP contribution in [0, 0.1) is 0 Å². The number of nitrogens with zero attached hydrogens (tertiary/aromatic N) is 2. The first kappa shape index (κ1) is 9.65. The zero-order valence-corrected chi connectivity index (χ0v) is 8.79. The lowest BCUT2D eigenvalue weighted by atomic mass is 10.1. The molecule has 78 valence electrons. The van der Waals surface area contributed by atoms with Crippen molar-refractivity contribution in [2.45, 2.75) is 44.6 Å². The Bertz CT molecular complexity index is 297. The Morgan fingerprint density at radius 1 is 1.43 bits per heavy atom. The zero-order valence-electron chi connectivity index (χ0n) is 8.79. The van der Waals surface area contributed by atoms with Crippen molar-refractivity contribution in [2.75, 3.05) is 7.05 Å². The van der Waals surface area contributed by atoms with Gasteiger partial charge in [0.1, 0.15) is 0 Å². The van der Waals surface area contributed by atoms with E-state index in [0.717, 1.165) is 31.0 Å². The van der Waals surface area contributed by atoms with Gasteiger partial charge in [-0.1, -0.05) is 6.92 Å². The van der Waals surface area contributed by atoms with Crippen LogP contribution in [-0.2, 0) is 6.42 Å². The number of aromatic nitrogens is 2. The maximum absolute atomic E-state index is 5.56. The molecule has 1 aliphatic carbocycles. The second-order valence-electron chi connectivity index (χ2n) is 3.88. The lowest BCUT2D eigenvalue weighted by Gasteiger charge is -2.06. The average Bonchev–Trinajstić information content (AvgIpc) is 2.86. The van der Waals surface area contributed by atoms with Crippen LogP contribution >= 0.6 is 0 Å². The van der Waals surface area contributed by atoms with Crippen LogP contribution in [0.2, 0.25) is 0 Å². The first-order valence-corrected chi connectivity index (χ1v) is 5.33. The van der Waals surface area contributed by atoms with Crippen molar-refractivity contribution in [3.8, 4) is 0 Å². The quantitative estimate of drug-likeness (QED) is 0.793. The summed E-state index contributed by atoms with van der Waals surface area (Å²) in [6, 6.07) is 0.622. The predicted octanol–water partition coefficient (Wildman–Crippen LogP) is 1.49. The summed E-state index contributed by atoms with van der Waals surface area (Å²) in [5.74, 6) is 2.06. The van der Waals surface area contributed by atoms with Crippen molar-refractivity contribution < 1.29 is 4.42 Å². The van der Waals surface area contributed by atoms with Crippen molar-refractivity contribution in [3.63, 3.8) is 0 Å². The van der Waals surface area contributed by atoms with E-state index in [2.05, 4.69) is 15.5 Å². The monoisotopic (exact) mass is 195 g/mol. The second kappa shape index (κ2) is 4.09. The van der Waals surface area contributed by atoms with Gasteiger partial charge in [-0.25, -0.2) is 0 Å². The van der Waals surface area contributed by atoms with Gasteiger partial charge < -0.3 is 9.73 Å². The molecule has 0 saturated heterocycles. The largest absolute Gasteiger partial charge is 0.425 e. The number of nitrogens with one attached hydrogen (secondary N) is 1. The highest BCUT2D eigenvalue weighted by Gasteiger charge is 2.28. The van der Waals surface area contributed by atoms with E-state index in [4.69, 9.17) is 4.42 Å². The Morgan fingerprint density at radius 2 is 2.29 bits per heavy atom. The highest BCUT2D eigenvalue weighted by Crippen LogP contribution is 2.33.